The lowest BCUT2D eigenvalue weighted by Crippen LogP contribution is -1.97. The molecule has 0 unspecified atom stereocenters. The number of rotatable bonds is 0. The van der Waals surface area contributed by atoms with Crippen molar-refractivity contribution in [2.45, 2.75) is 0 Å². The summed E-state index contributed by atoms with van der Waals surface area (Å²) in [5.41, 5.74) is 1.79. The zero-order chi connectivity index (χ0) is 8.67. The summed E-state index contributed by atoms with van der Waals surface area (Å²) in [5.74, 6) is 0. The average molecular weight is 171 g/mol. The highest BCUT2D eigenvalue weighted by Crippen LogP contribution is 2.15. The van der Waals surface area contributed by atoms with Crippen molar-refractivity contribution >= 4 is 16.4 Å². The molecule has 0 aliphatic carbocycles. The van der Waals surface area contributed by atoms with Crippen molar-refractivity contribution in [3.63, 3.8) is 0 Å². The molecule has 0 aliphatic heterocycles. The molecule has 0 atom stereocenters. The Labute approximate surface area is 73.0 Å². The third-order valence-electron chi connectivity index (χ3n) is 1.95. The maximum atomic E-state index is 4.22. The molecular weight excluding hydrogens is 166 g/mol. The molecule has 1 aromatic carbocycles. The van der Waals surface area contributed by atoms with Gasteiger partial charge >= 0.3 is 0 Å². The highest BCUT2D eigenvalue weighted by molar-refractivity contribution is 5.93. The molecule has 0 amide bonds. The van der Waals surface area contributed by atoms with Crippen molar-refractivity contribution in [2.75, 3.05) is 0 Å². The Balaban J connectivity index is 2.64. The van der Waals surface area contributed by atoms with Crippen LogP contribution in [0.1, 0.15) is 0 Å². The SMILES string of the molecule is c1ccc2c(c1)nn1nnncc21. The Morgan fingerprint density at radius 3 is 3.08 bits per heavy atom. The second kappa shape index (κ2) is 2.22. The maximum Gasteiger partial charge on any atom is 0.117 e. The van der Waals surface area contributed by atoms with Crippen LogP contribution < -0.4 is 0 Å². The van der Waals surface area contributed by atoms with Gasteiger partial charge in [-0.1, -0.05) is 18.2 Å². The summed E-state index contributed by atoms with van der Waals surface area (Å²) in [7, 11) is 0. The fourth-order valence-corrected chi connectivity index (χ4v) is 1.37. The van der Waals surface area contributed by atoms with Crippen molar-refractivity contribution in [2.24, 2.45) is 0 Å². The number of fused-ring (bicyclic) bond motifs is 3. The molecule has 3 rings (SSSR count). The fourth-order valence-electron chi connectivity index (χ4n) is 1.37. The van der Waals surface area contributed by atoms with E-state index in [0.29, 0.717) is 0 Å². The van der Waals surface area contributed by atoms with Gasteiger partial charge in [-0.2, -0.15) is 0 Å². The van der Waals surface area contributed by atoms with Crippen molar-refractivity contribution in [3.8, 4) is 0 Å². The summed E-state index contributed by atoms with van der Waals surface area (Å²) in [4.78, 5) is 0. The van der Waals surface area contributed by atoms with Crippen molar-refractivity contribution < 1.29 is 0 Å². The molecule has 3 aromatic rings. The normalized spacial score (nSPS) is 11.1. The minimum Gasteiger partial charge on any atom is -0.148 e. The van der Waals surface area contributed by atoms with Gasteiger partial charge < -0.3 is 0 Å². The van der Waals surface area contributed by atoms with Gasteiger partial charge in [-0.25, -0.2) is 0 Å². The van der Waals surface area contributed by atoms with E-state index in [-0.39, 0.29) is 0 Å². The topological polar surface area (TPSA) is 56.0 Å². The molecule has 0 saturated carbocycles. The first kappa shape index (κ1) is 6.47. The standard InChI is InChI=1S/C8H5N5/c1-2-4-7-6(3-1)8-5-9-11-12-13(8)10-7/h1-5H. The minimum absolute atomic E-state index is 0.880. The van der Waals surface area contributed by atoms with Crippen LogP contribution in [0.4, 0.5) is 0 Å². The third-order valence-corrected chi connectivity index (χ3v) is 1.95. The van der Waals surface area contributed by atoms with Crippen LogP contribution in [0.2, 0.25) is 0 Å². The van der Waals surface area contributed by atoms with E-state index in [1.165, 1.54) is 4.63 Å². The Hall–Kier alpha value is -2.04. The first-order valence-electron chi connectivity index (χ1n) is 3.87. The summed E-state index contributed by atoms with van der Waals surface area (Å²) in [5, 5.41) is 16.2. The van der Waals surface area contributed by atoms with Crippen molar-refractivity contribution in [1.29, 1.82) is 0 Å². The van der Waals surface area contributed by atoms with E-state index < -0.39 is 0 Å². The van der Waals surface area contributed by atoms with Gasteiger partial charge in [0.2, 0.25) is 0 Å². The van der Waals surface area contributed by atoms with Gasteiger partial charge in [-0.3, -0.25) is 0 Å². The molecule has 2 heterocycles. The van der Waals surface area contributed by atoms with Gasteiger partial charge in [-0.15, -0.1) is 14.8 Å². The minimum atomic E-state index is 0.880. The fraction of sp³-hybridized carbons (Fsp3) is 0. The molecular formula is C8H5N5. The number of hydrogen-bond donors (Lipinski definition) is 0. The molecule has 0 aliphatic rings. The van der Waals surface area contributed by atoms with E-state index in [0.717, 1.165) is 16.4 Å². The summed E-state index contributed by atoms with van der Waals surface area (Å²) in [6, 6.07) is 7.82. The first-order valence-corrected chi connectivity index (χ1v) is 3.87. The second-order valence-corrected chi connectivity index (χ2v) is 2.72. The molecule has 0 N–H and O–H groups in total. The van der Waals surface area contributed by atoms with Crippen LogP contribution in [0.15, 0.2) is 30.5 Å². The van der Waals surface area contributed by atoms with Crippen LogP contribution in [0.3, 0.4) is 0 Å². The summed E-state index contributed by atoms with van der Waals surface area (Å²) >= 11 is 0. The lowest BCUT2D eigenvalue weighted by molar-refractivity contribution is 0.672. The van der Waals surface area contributed by atoms with Gasteiger partial charge in [0.25, 0.3) is 0 Å². The summed E-state index contributed by atoms with van der Waals surface area (Å²) in [6.45, 7) is 0. The van der Waals surface area contributed by atoms with Crippen LogP contribution in [0.5, 0.6) is 0 Å². The Kier molecular flexibility index (Phi) is 1.11. The number of benzene rings is 1. The zero-order valence-corrected chi connectivity index (χ0v) is 6.62. The van der Waals surface area contributed by atoms with Crippen LogP contribution in [0.25, 0.3) is 16.4 Å². The predicted octanol–water partition coefficient (Wildman–Crippen LogP) is 0.672. The lowest BCUT2D eigenvalue weighted by Gasteiger charge is -1.85. The van der Waals surface area contributed by atoms with E-state index in [9.17, 15) is 0 Å². The van der Waals surface area contributed by atoms with Gasteiger partial charge in [0.15, 0.2) is 0 Å². The van der Waals surface area contributed by atoms with E-state index in [1.807, 2.05) is 24.3 Å². The van der Waals surface area contributed by atoms with Gasteiger partial charge in [-0.05, 0) is 16.5 Å². The molecule has 2 aromatic heterocycles. The highest BCUT2D eigenvalue weighted by Gasteiger charge is 2.03. The van der Waals surface area contributed by atoms with Crippen molar-refractivity contribution in [3.05, 3.63) is 30.5 Å². The summed E-state index contributed by atoms with van der Waals surface area (Å²) in [6.07, 6.45) is 1.66. The van der Waals surface area contributed by atoms with Crippen LogP contribution >= 0.6 is 0 Å². The maximum absolute atomic E-state index is 4.22. The van der Waals surface area contributed by atoms with E-state index in [4.69, 9.17) is 0 Å². The van der Waals surface area contributed by atoms with Crippen LogP contribution in [0, 0.1) is 0 Å². The van der Waals surface area contributed by atoms with Gasteiger partial charge in [0.1, 0.15) is 5.52 Å². The van der Waals surface area contributed by atoms with Gasteiger partial charge in [0, 0.05) is 5.39 Å². The van der Waals surface area contributed by atoms with Crippen molar-refractivity contribution in [1.82, 2.24) is 25.3 Å². The van der Waals surface area contributed by atoms with E-state index in [1.54, 1.807) is 6.20 Å². The van der Waals surface area contributed by atoms with Crippen LogP contribution in [-0.2, 0) is 0 Å². The van der Waals surface area contributed by atoms with Gasteiger partial charge in [0.05, 0.1) is 11.7 Å². The molecule has 5 heteroatoms. The second-order valence-electron chi connectivity index (χ2n) is 2.72. The molecule has 0 bridgehead atoms. The molecule has 0 radical (unpaired) electrons. The average Bonchev–Trinajstić information content (AvgIpc) is 2.56. The largest absolute Gasteiger partial charge is 0.148 e. The molecule has 13 heavy (non-hydrogen) atoms. The Bertz CT molecular complexity index is 520. The third kappa shape index (κ3) is 0.807. The smallest absolute Gasteiger partial charge is 0.117 e. The molecule has 62 valence electrons. The lowest BCUT2D eigenvalue weighted by atomic mass is 10.2. The predicted molar refractivity (Wildman–Crippen MR) is 46.1 cm³/mol. The Morgan fingerprint density at radius 2 is 2.08 bits per heavy atom. The molecule has 0 spiro atoms. The number of aromatic nitrogens is 5. The monoisotopic (exact) mass is 171 g/mol. The zero-order valence-electron chi connectivity index (χ0n) is 6.62. The number of hydrogen-bond acceptors (Lipinski definition) is 4. The van der Waals surface area contributed by atoms with E-state index >= 15 is 0 Å². The van der Waals surface area contributed by atoms with Crippen LogP contribution in [-0.4, -0.2) is 25.3 Å². The van der Waals surface area contributed by atoms with E-state index in [2.05, 4.69) is 20.6 Å². The highest BCUT2D eigenvalue weighted by atomic mass is 15.5. The Morgan fingerprint density at radius 1 is 1.15 bits per heavy atom. The molecule has 0 fully saturated rings. The summed E-state index contributed by atoms with van der Waals surface area (Å²) < 4.78 is 1.48. The quantitative estimate of drug-likeness (QED) is 0.499. The molecule has 5 nitrogen and oxygen atoms in total. The number of nitrogens with zero attached hydrogens (tertiary/aromatic N) is 5. The molecule has 0 saturated heterocycles. The first-order chi connectivity index (χ1) is 6.45.